The summed E-state index contributed by atoms with van der Waals surface area (Å²) in [6.07, 6.45) is 1.58. The predicted octanol–water partition coefficient (Wildman–Crippen LogP) is 5.14. The predicted molar refractivity (Wildman–Crippen MR) is 121 cm³/mol. The minimum atomic E-state index is -0.112. The van der Waals surface area contributed by atoms with Crippen molar-refractivity contribution in [1.29, 1.82) is 0 Å². The lowest BCUT2D eigenvalue weighted by atomic mass is 9.99. The molecule has 1 heterocycles. The zero-order valence-corrected chi connectivity index (χ0v) is 17.8. The third-order valence-electron chi connectivity index (χ3n) is 5.05. The van der Waals surface area contributed by atoms with Gasteiger partial charge in [0, 0.05) is 11.5 Å². The van der Waals surface area contributed by atoms with Crippen molar-refractivity contribution in [2.45, 2.75) is 13.0 Å². The molecular weight excluding hydrogens is 390 g/mol. The average Bonchev–Trinajstić information content (AvgIpc) is 2.82. The highest BCUT2D eigenvalue weighted by molar-refractivity contribution is 5.85. The van der Waals surface area contributed by atoms with Crippen LogP contribution in [0.5, 0.6) is 23.0 Å². The van der Waals surface area contributed by atoms with E-state index >= 15 is 0 Å². The molecule has 0 radical (unpaired) electrons. The van der Waals surface area contributed by atoms with Crippen LogP contribution in [0.4, 0.5) is 0 Å². The van der Waals surface area contributed by atoms with E-state index in [9.17, 15) is 0 Å². The SMILES string of the molecule is CCN[C@@H](c1ccc(Oc2ccccc2)cc1)c1ncnc2cc(OC)c(OC)cc12. The molecule has 1 N–H and O–H groups in total. The maximum atomic E-state index is 5.93. The second kappa shape index (κ2) is 9.45. The van der Waals surface area contributed by atoms with Crippen LogP contribution in [0.1, 0.15) is 24.2 Å². The topological polar surface area (TPSA) is 65.5 Å². The number of aromatic nitrogens is 2. The standard InChI is InChI=1S/C25H25N3O3/c1-4-26-24(17-10-12-19(13-11-17)31-18-8-6-5-7-9-18)25-20-14-22(29-2)23(30-3)15-21(20)27-16-28-25/h5-16,24,26H,4H2,1-3H3/t24-/m0/s1. The van der Waals surface area contributed by atoms with Crippen LogP contribution in [0, 0.1) is 0 Å². The van der Waals surface area contributed by atoms with Gasteiger partial charge in [-0.15, -0.1) is 0 Å². The lowest BCUT2D eigenvalue weighted by molar-refractivity contribution is 0.355. The summed E-state index contributed by atoms with van der Waals surface area (Å²) in [6, 6.07) is 21.5. The van der Waals surface area contributed by atoms with Gasteiger partial charge in [-0.25, -0.2) is 9.97 Å². The van der Waals surface area contributed by atoms with Crippen molar-refractivity contribution in [2.24, 2.45) is 0 Å². The lowest BCUT2D eigenvalue weighted by Crippen LogP contribution is -2.23. The molecule has 0 fully saturated rings. The summed E-state index contributed by atoms with van der Waals surface area (Å²) < 4.78 is 16.9. The molecule has 4 rings (SSSR count). The molecule has 0 aliphatic rings. The fourth-order valence-corrected chi connectivity index (χ4v) is 3.56. The number of methoxy groups -OCH3 is 2. The van der Waals surface area contributed by atoms with Crippen LogP contribution in [-0.2, 0) is 0 Å². The lowest BCUT2D eigenvalue weighted by Gasteiger charge is -2.20. The number of hydrogen-bond acceptors (Lipinski definition) is 6. The number of nitrogens with zero attached hydrogens (tertiary/aromatic N) is 2. The maximum Gasteiger partial charge on any atom is 0.162 e. The third-order valence-corrected chi connectivity index (χ3v) is 5.05. The van der Waals surface area contributed by atoms with Gasteiger partial charge < -0.3 is 19.5 Å². The van der Waals surface area contributed by atoms with Crippen LogP contribution in [0.2, 0.25) is 0 Å². The number of rotatable bonds is 8. The Morgan fingerprint density at radius 2 is 1.52 bits per heavy atom. The summed E-state index contributed by atoms with van der Waals surface area (Å²) in [5.41, 5.74) is 2.76. The molecule has 158 valence electrons. The molecule has 0 aliphatic heterocycles. The fraction of sp³-hybridized carbons (Fsp3) is 0.200. The summed E-state index contributed by atoms with van der Waals surface area (Å²) in [5.74, 6) is 2.88. The van der Waals surface area contributed by atoms with Gasteiger partial charge in [0.1, 0.15) is 17.8 Å². The molecule has 0 bridgehead atoms. The molecule has 0 saturated carbocycles. The van der Waals surface area contributed by atoms with Gasteiger partial charge in [-0.2, -0.15) is 0 Å². The quantitative estimate of drug-likeness (QED) is 0.430. The summed E-state index contributed by atoms with van der Waals surface area (Å²) in [7, 11) is 3.24. The molecule has 6 nitrogen and oxygen atoms in total. The number of hydrogen-bond donors (Lipinski definition) is 1. The fourth-order valence-electron chi connectivity index (χ4n) is 3.56. The zero-order valence-electron chi connectivity index (χ0n) is 17.8. The van der Waals surface area contributed by atoms with Gasteiger partial charge in [0.15, 0.2) is 11.5 Å². The Balaban J connectivity index is 1.71. The van der Waals surface area contributed by atoms with Crippen LogP contribution in [0.15, 0.2) is 73.1 Å². The number of para-hydroxylation sites is 1. The van der Waals surface area contributed by atoms with E-state index < -0.39 is 0 Å². The van der Waals surface area contributed by atoms with Gasteiger partial charge in [0.2, 0.25) is 0 Å². The van der Waals surface area contributed by atoms with Gasteiger partial charge in [0.25, 0.3) is 0 Å². The number of nitrogens with one attached hydrogen (secondary N) is 1. The molecular formula is C25H25N3O3. The van der Waals surface area contributed by atoms with Crippen LogP contribution < -0.4 is 19.5 Å². The van der Waals surface area contributed by atoms with Gasteiger partial charge in [-0.05, 0) is 42.4 Å². The maximum absolute atomic E-state index is 5.93. The number of benzene rings is 3. The molecule has 6 heteroatoms. The highest BCUT2D eigenvalue weighted by Crippen LogP contribution is 2.35. The van der Waals surface area contributed by atoms with Gasteiger partial charge >= 0.3 is 0 Å². The Hall–Kier alpha value is -3.64. The number of ether oxygens (including phenoxy) is 3. The zero-order chi connectivity index (χ0) is 21.6. The molecule has 0 spiro atoms. The van der Waals surface area contributed by atoms with Crippen molar-refractivity contribution in [3.05, 3.63) is 84.3 Å². The van der Waals surface area contributed by atoms with E-state index in [-0.39, 0.29) is 6.04 Å². The Labute approximate surface area is 181 Å². The van der Waals surface area contributed by atoms with E-state index in [0.717, 1.165) is 40.2 Å². The summed E-state index contributed by atoms with van der Waals surface area (Å²) in [4.78, 5) is 9.05. The first-order valence-electron chi connectivity index (χ1n) is 10.2. The van der Waals surface area contributed by atoms with Crippen LogP contribution >= 0.6 is 0 Å². The minimum Gasteiger partial charge on any atom is -0.493 e. The second-order valence-corrected chi connectivity index (χ2v) is 6.96. The van der Waals surface area contributed by atoms with Crippen LogP contribution in [0.3, 0.4) is 0 Å². The van der Waals surface area contributed by atoms with Crippen LogP contribution in [-0.4, -0.2) is 30.7 Å². The molecule has 0 aliphatic carbocycles. The van der Waals surface area contributed by atoms with Crippen molar-refractivity contribution in [3.8, 4) is 23.0 Å². The largest absolute Gasteiger partial charge is 0.493 e. The Bertz CT molecular complexity index is 1150. The Kier molecular flexibility index (Phi) is 6.29. The molecule has 1 atom stereocenters. The molecule has 1 aromatic heterocycles. The molecule has 0 saturated heterocycles. The van der Waals surface area contributed by atoms with Gasteiger partial charge in [0.05, 0.1) is 31.5 Å². The Morgan fingerprint density at radius 3 is 2.19 bits per heavy atom. The Morgan fingerprint density at radius 1 is 0.839 bits per heavy atom. The van der Waals surface area contributed by atoms with E-state index in [2.05, 4.69) is 34.3 Å². The monoisotopic (exact) mass is 415 g/mol. The third kappa shape index (κ3) is 4.44. The van der Waals surface area contributed by atoms with Crippen molar-refractivity contribution in [1.82, 2.24) is 15.3 Å². The van der Waals surface area contributed by atoms with E-state index in [1.807, 2.05) is 54.6 Å². The summed E-state index contributed by atoms with van der Waals surface area (Å²) >= 11 is 0. The average molecular weight is 415 g/mol. The van der Waals surface area contributed by atoms with E-state index in [1.54, 1.807) is 20.5 Å². The molecule has 0 unspecified atom stereocenters. The van der Waals surface area contributed by atoms with Gasteiger partial charge in [-0.3, -0.25) is 0 Å². The molecule has 0 amide bonds. The van der Waals surface area contributed by atoms with Crippen LogP contribution in [0.25, 0.3) is 10.9 Å². The summed E-state index contributed by atoms with van der Waals surface area (Å²) in [6.45, 7) is 2.86. The highest BCUT2D eigenvalue weighted by atomic mass is 16.5. The first-order chi connectivity index (χ1) is 15.2. The van der Waals surface area contributed by atoms with Crippen molar-refractivity contribution < 1.29 is 14.2 Å². The molecule has 3 aromatic carbocycles. The molecule has 31 heavy (non-hydrogen) atoms. The smallest absolute Gasteiger partial charge is 0.162 e. The first kappa shape index (κ1) is 20.6. The second-order valence-electron chi connectivity index (χ2n) is 6.96. The van der Waals surface area contributed by atoms with E-state index in [0.29, 0.717) is 11.5 Å². The van der Waals surface area contributed by atoms with E-state index in [1.165, 1.54) is 0 Å². The number of fused-ring (bicyclic) bond motifs is 1. The first-order valence-corrected chi connectivity index (χ1v) is 10.2. The van der Waals surface area contributed by atoms with Gasteiger partial charge in [-0.1, -0.05) is 37.3 Å². The van der Waals surface area contributed by atoms with Crippen molar-refractivity contribution >= 4 is 10.9 Å². The normalized spacial score (nSPS) is 11.8. The van der Waals surface area contributed by atoms with Crippen molar-refractivity contribution in [2.75, 3.05) is 20.8 Å². The molecule has 4 aromatic rings. The minimum absolute atomic E-state index is 0.112. The van der Waals surface area contributed by atoms with E-state index in [4.69, 9.17) is 14.2 Å². The summed E-state index contributed by atoms with van der Waals surface area (Å²) in [5, 5.41) is 4.45. The van der Waals surface area contributed by atoms with Crippen molar-refractivity contribution in [3.63, 3.8) is 0 Å². The highest BCUT2D eigenvalue weighted by Gasteiger charge is 2.20.